The Morgan fingerprint density at radius 2 is 1.85 bits per heavy atom. The molecule has 8 heteroatoms. The first-order valence-electron chi connectivity index (χ1n) is 8.75. The van der Waals surface area contributed by atoms with Gasteiger partial charge in [-0.25, -0.2) is 4.98 Å². The van der Waals surface area contributed by atoms with Crippen molar-refractivity contribution in [2.75, 3.05) is 42.9 Å². The van der Waals surface area contributed by atoms with Crippen molar-refractivity contribution < 1.29 is 9.59 Å². The van der Waals surface area contributed by atoms with Gasteiger partial charge in [-0.1, -0.05) is 0 Å². The lowest BCUT2D eigenvalue weighted by Crippen LogP contribution is -2.49. The van der Waals surface area contributed by atoms with E-state index in [2.05, 4.69) is 31.6 Å². The van der Waals surface area contributed by atoms with E-state index in [1.54, 1.807) is 24.3 Å². The molecule has 8 nitrogen and oxygen atoms in total. The number of nitrogens with two attached hydrogens (primary N) is 1. The second kappa shape index (κ2) is 8.01. The predicted octanol–water partition coefficient (Wildman–Crippen LogP) is 0.763. The van der Waals surface area contributed by atoms with Gasteiger partial charge in [0.05, 0.1) is 6.54 Å². The number of nitrogens with zero attached hydrogens (tertiary/aromatic N) is 4. The number of carbonyl (C=O) groups excluding carboxylic acids is 2. The Labute approximate surface area is 152 Å². The fourth-order valence-electron chi connectivity index (χ4n) is 3.06. The first kappa shape index (κ1) is 17.9. The van der Waals surface area contributed by atoms with Gasteiger partial charge < -0.3 is 20.5 Å². The van der Waals surface area contributed by atoms with Crippen LogP contribution in [0.15, 0.2) is 36.7 Å². The summed E-state index contributed by atoms with van der Waals surface area (Å²) in [5.41, 5.74) is 6.29. The number of rotatable bonds is 6. The van der Waals surface area contributed by atoms with Crippen LogP contribution < -0.4 is 16.0 Å². The minimum absolute atomic E-state index is 0.0691. The van der Waals surface area contributed by atoms with Crippen LogP contribution in [-0.2, 0) is 11.3 Å². The summed E-state index contributed by atoms with van der Waals surface area (Å²) in [6.45, 7) is 6.65. The van der Waals surface area contributed by atoms with E-state index in [1.165, 1.54) is 0 Å². The number of hydrogen-bond donors (Lipinski definition) is 2. The van der Waals surface area contributed by atoms with Crippen LogP contribution in [0, 0.1) is 0 Å². The molecule has 2 aromatic rings. The maximum atomic E-state index is 12.2. The van der Waals surface area contributed by atoms with Gasteiger partial charge in [0.25, 0.3) is 0 Å². The van der Waals surface area contributed by atoms with E-state index in [1.807, 2.05) is 12.4 Å². The number of primary amides is 1. The monoisotopic (exact) mass is 356 g/mol. The van der Waals surface area contributed by atoms with Gasteiger partial charge in [0, 0.05) is 56.4 Å². The molecule has 1 aromatic carbocycles. The summed E-state index contributed by atoms with van der Waals surface area (Å²) in [5, 5.41) is 2.85. The van der Waals surface area contributed by atoms with Crippen LogP contribution in [-0.4, -0.2) is 59.0 Å². The number of hydrogen-bond acceptors (Lipinski definition) is 5. The molecule has 0 saturated carbocycles. The molecule has 138 valence electrons. The maximum absolute atomic E-state index is 12.2. The van der Waals surface area contributed by atoms with Crippen molar-refractivity contribution >= 4 is 23.5 Å². The first-order chi connectivity index (χ1) is 12.6. The molecule has 1 aromatic heterocycles. The summed E-state index contributed by atoms with van der Waals surface area (Å²) in [5.74, 6) is 0.441. The normalized spacial score (nSPS) is 15.0. The smallest absolute Gasteiger partial charge is 0.248 e. The molecule has 1 fully saturated rings. The molecule has 0 bridgehead atoms. The summed E-state index contributed by atoms with van der Waals surface area (Å²) in [6, 6.07) is 6.57. The fraction of sp³-hybridized carbons (Fsp3) is 0.389. The average molecular weight is 356 g/mol. The van der Waals surface area contributed by atoms with Crippen LogP contribution in [0.1, 0.15) is 17.3 Å². The minimum Gasteiger partial charge on any atom is -0.366 e. The van der Waals surface area contributed by atoms with Crippen LogP contribution in [0.3, 0.4) is 0 Å². The Balaban J connectivity index is 1.48. The number of imidazole rings is 1. The molecule has 0 spiro atoms. The largest absolute Gasteiger partial charge is 0.366 e. The van der Waals surface area contributed by atoms with Crippen molar-refractivity contribution in [1.29, 1.82) is 0 Å². The Morgan fingerprint density at radius 1 is 1.15 bits per heavy atom. The van der Waals surface area contributed by atoms with Gasteiger partial charge in [0.15, 0.2) is 0 Å². The molecule has 0 aliphatic carbocycles. The maximum Gasteiger partial charge on any atom is 0.248 e. The molecule has 3 N–H and O–H groups in total. The minimum atomic E-state index is -0.482. The highest BCUT2D eigenvalue weighted by Crippen LogP contribution is 2.14. The van der Waals surface area contributed by atoms with Crippen molar-refractivity contribution in [2.24, 2.45) is 5.73 Å². The molecule has 0 unspecified atom stereocenters. The van der Waals surface area contributed by atoms with Crippen molar-refractivity contribution in [1.82, 2.24) is 14.5 Å². The second-order valence-corrected chi connectivity index (χ2v) is 6.27. The Hall–Kier alpha value is -2.87. The zero-order valence-corrected chi connectivity index (χ0v) is 14.9. The quantitative estimate of drug-likeness (QED) is 0.797. The number of amides is 2. The van der Waals surface area contributed by atoms with E-state index in [9.17, 15) is 9.59 Å². The van der Waals surface area contributed by atoms with E-state index >= 15 is 0 Å². The van der Waals surface area contributed by atoms with Gasteiger partial charge in [0.2, 0.25) is 17.8 Å². The van der Waals surface area contributed by atoms with Crippen LogP contribution in [0.2, 0.25) is 0 Å². The van der Waals surface area contributed by atoms with Gasteiger partial charge in [-0.3, -0.25) is 14.5 Å². The summed E-state index contributed by atoms with van der Waals surface area (Å²) in [4.78, 5) is 32.1. The third-order valence-electron chi connectivity index (χ3n) is 4.51. The van der Waals surface area contributed by atoms with E-state index in [4.69, 9.17) is 5.73 Å². The third-order valence-corrected chi connectivity index (χ3v) is 4.51. The Morgan fingerprint density at radius 3 is 2.46 bits per heavy atom. The van der Waals surface area contributed by atoms with Crippen molar-refractivity contribution in [3.05, 3.63) is 42.2 Å². The van der Waals surface area contributed by atoms with Crippen LogP contribution in [0.25, 0.3) is 0 Å². The second-order valence-electron chi connectivity index (χ2n) is 6.27. The number of aromatic nitrogens is 2. The Bertz CT molecular complexity index is 762. The number of aryl methyl sites for hydroxylation is 1. The van der Waals surface area contributed by atoms with E-state index in [0.29, 0.717) is 17.8 Å². The number of piperazine rings is 1. The lowest BCUT2D eigenvalue weighted by Gasteiger charge is -2.35. The van der Waals surface area contributed by atoms with Gasteiger partial charge in [-0.15, -0.1) is 0 Å². The van der Waals surface area contributed by atoms with Gasteiger partial charge in [-0.05, 0) is 31.2 Å². The number of carbonyl (C=O) groups is 2. The topological polar surface area (TPSA) is 96.5 Å². The van der Waals surface area contributed by atoms with Gasteiger partial charge in [-0.2, -0.15) is 0 Å². The third kappa shape index (κ3) is 4.20. The highest BCUT2D eigenvalue weighted by Gasteiger charge is 2.21. The fourth-order valence-corrected chi connectivity index (χ4v) is 3.06. The van der Waals surface area contributed by atoms with Crippen LogP contribution in [0.5, 0.6) is 0 Å². The SMILES string of the molecule is CCn1ccnc1N1CCN(CC(=O)Nc2ccc(C(N)=O)cc2)CC1. The molecule has 0 atom stereocenters. The average Bonchev–Trinajstić information content (AvgIpc) is 3.11. The van der Waals surface area contributed by atoms with Gasteiger partial charge in [0.1, 0.15) is 0 Å². The summed E-state index contributed by atoms with van der Waals surface area (Å²) >= 11 is 0. The lowest BCUT2D eigenvalue weighted by atomic mass is 10.2. The van der Waals surface area contributed by atoms with E-state index in [-0.39, 0.29) is 5.91 Å². The number of benzene rings is 1. The van der Waals surface area contributed by atoms with Gasteiger partial charge >= 0.3 is 0 Å². The molecule has 1 aliphatic rings. The van der Waals surface area contributed by atoms with Crippen LogP contribution in [0.4, 0.5) is 11.6 Å². The molecular formula is C18H24N6O2. The summed E-state index contributed by atoms with van der Waals surface area (Å²) in [7, 11) is 0. The summed E-state index contributed by atoms with van der Waals surface area (Å²) in [6.07, 6.45) is 3.81. The molecule has 2 amide bonds. The van der Waals surface area contributed by atoms with E-state index < -0.39 is 5.91 Å². The molecule has 1 saturated heterocycles. The van der Waals surface area contributed by atoms with Crippen molar-refractivity contribution in [2.45, 2.75) is 13.5 Å². The lowest BCUT2D eigenvalue weighted by molar-refractivity contribution is -0.117. The van der Waals surface area contributed by atoms with E-state index in [0.717, 1.165) is 38.7 Å². The Kier molecular flexibility index (Phi) is 5.52. The summed E-state index contributed by atoms with van der Waals surface area (Å²) < 4.78 is 2.12. The van der Waals surface area contributed by atoms with Crippen molar-refractivity contribution in [3.63, 3.8) is 0 Å². The number of anilines is 2. The predicted molar refractivity (Wildman–Crippen MR) is 100 cm³/mol. The molecule has 0 radical (unpaired) electrons. The zero-order valence-electron chi connectivity index (χ0n) is 14.9. The molecule has 1 aliphatic heterocycles. The zero-order chi connectivity index (χ0) is 18.5. The van der Waals surface area contributed by atoms with Crippen LogP contribution >= 0.6 is 0 Å². The standard InChI is InChI=1S/C18H24N6O2/c1-2-23-8-7-20-18(23)24-11-9-22(10-12-24)13-16(25)21-15-5-3-14(4-6-15)17(19)26/h3-8H,2,9-13H2,1H3,(H2,19,26)(H,21,25). The molecule has 2 heterocycles. The highest BCUT2D eigenvalue weighted by molar-refractivity contribution is 5.95. The van der Waals surface area contributed by atoms with Crippen molar-refractivity contribution in [3.8, 4) is 0 Å². The number of nitrogens with one attached hydrogen (secondary N) is 1. The first-order valence-corrected chi connectivity index (χ1v) is 8.75. The molecule has 26 heavy (non-hydrogen) atoms. The molecule has 3 rings (SSSR count). The molecular weight excluding hydrogens is 332 g/mol. The highest BCUT2D eigenvalue weighted by atomic mass is 16.2.